The van der Waals surface area contributed by atoms with Crippen LogP contribution in [0.3, 0.4) is 0 Å². The Morgan fingerprint density at radius 2 is 1.50 bits per heavy atom. The highest BCUT2D eigenvalue weighted by Crippen LogP contribution is 2.47. The monoisotopic (exact) mass is 192 g/mol. The maximum absolute atomic E-state index is 4.23. The van der Waals surface area contributed by atoms with Crippen molar-refractivity contribution >= 4 is 0 Å². The summed E-state index contributed by atoms with van der Waals surface area (Å²) in [5.41, 5.74) is 1.52. The lowest BCUT2D eigenvalue weighted by atomic mass is 9.61. The molecule has 0 aliphatic heterocycles. The predicted octanol–water partition coefficient (Wildman–Crippen LogP) is 4.27. The van der Waals surface area contributed by atoms with Crippen LogP contribution < -0.4 is 0 Å². The molecule has 80 valence electrons. The lowest BCUT2D eigenvalue weighted by molar-refractivity contribution is 0.0968. The molecule has 5 atom stereocenters. The van der Waals surface area contributed by atoms with Gasteiger partial charge in [0.1, 0.15) is 0 Å². The van der Waals surface area contributed by atoms with Gasteiger partial charge in [-0.15, -0.1) is 0 Å². The van der Waals surface area contributed by atoms with E-state index in [9.17, 15) is 0 Å². The first kappa shape index (κ1) is 10.3. The van der Waals surface area contributed by atoms with Gasteiger partial charge in [0.25, 0.3) is 0 Å². The van der Waals surface area contributed by atoms with Crippen molar-refractivity contribution in [3.8, 4) is 0 Å². The molecular formula is C14H24. The third kappa shape index (κ3) is 1.76. The first-order valence-corrected chi connectivity index (χ1v) is 6.25. The van der Waals surface area contributed by atoms with E-state index < -0.39 is 0 Å². The molecule has 0 spiro atoms. The van der Waals surface area contributed by atoms with Gasteiger partial charge in [-0.2, -0.15) is 0 Å². The van der Waals surface area contributed by atoms with Gasteiger partial charge in [0.15, 0.2) is 0 Å². The Morgan fingerprint density at radius 3 is 2.14 bits per heavy atom. The Morgan fingerprint density at radius 1 is 0.929 bits per heavy atom. The molecule has 0 aromatic heterocycles. The van der Waals surface area contributed by atoms with Crippen molar-refractivity contribution in [1.82, 2.24) is 0 Å². The lowest BCUT2D eigenvalue weighted by Crippen LogP contribution is -2.34. The molecule has 0 amide bonds. The van der Waals surface area contributed by atoms with Crippen molar-refractivity contribution in [2.24, 2.45) is 29.6 Å². The van der Waals surface area contributed by atoms with Gasteiger partial charge in [-0.1, -0.05) is 32.9 Å². The minimum absolute atomic E-state index is 0.789. The van der Waals surface area contributed by atoms with Crippen molar-refractivity contribution in [3.63, 3.8) is 0 Å². The van der Waals surface area contributed by atoms with Crippen LogP contribution in [-0.4, -0.2) is 0 Å². The highest BCUT2D eigenvalue weighted by Gasteiger charge is 2.37. The van der Waals surface area contributed by atoms with E-state index in [-0.39, 0.29) is 0 Å². The lowest BCUT2D eigenvalue weighted by Gasteiger charge is -2.44. The van der Waals surface area contributed by atoms with Crippen molar-refractivity contribution in [1.29, 1.82) is 0 Å². The second kappa shape index (κ2) is 3.72. The van der Waals surface area contributed by atoms with Gasteiger partial charge in [0, 0.05) is 0 Å². The fourth-order valence-electron chi connectivity index (χ4n) is 3.50. The van der Waals surface area contributed by atoms with Gasteiger partial charge in [-0.3, -0.25) is 0 Å². The second-order valence-corrected chi connectivity index (χ2v) is 5.95. The molecule has 0 radical (unpaired) electrons. The largest absolute Gasteiger partial charge is 0.0996 e. The summed E-state index contributed by atoms with van der Waals surface area (Å²) in [4.78, 5) is 0. The molecule has 0 N–H and O–H groups in total. The fourth-order valence-corrected chi connectivity index (χ4v) is 3.50. The highest BCUT2D eigenvalue weighted by molar-refractivity contribution is 5.07. The summed E-state index contributed by atoms with van der Waals surface area (Å²) in [6.45, 7) is 11.5. The zero-order valence-electron chi connectivity index (χ0n) is 9.92. The van der Waals surface area contributed by atoms with Crippen LogP contribution in [0.4, 0.5) is 0 Å². The molecule has 2 fully saturated rings. The van der Waals surface area contributed by atoms with Crippen LogP contribution in [0.2, 0.25) is 0 Å². The molecule has 0 aromatic carbocycles. The Labute approximate surface area is 88.8 Å². The van der Waals surface area contributed by atoms with Crippen LogP contribution in [0.1, 0.15) is 46.5 Å². The Balaban J connectivity index is 2.05. The van der Waals surface area contributed by atoms with Gasteiger partial charge >= 0.3 is 0 Å². The van der Waals surface area contributed by atoms with E-state index in [1.54, 1.807) is 0 Å². The molecule has 0 bridgehead atoms. The summed E-state index contributed by atoms with van der Waals surface area (Å²) in [5.74, 6) is 4.68. The zero-order chi connectivity index (χ0) is 10.3. The first-order valence-electron chi connectivity index (χ1n) is 6.25. The van der Waals surface area contributed by atoms with E-state index >= 15 is 0 Å². The summed E-state index contributed by atoms with van der Waals surface area (Å²) in [7, 11) is 0. The number of allylic oxidation sites excluding steroid dienone is 1. The second-order valence-electron chi connectivity index (χ2n) is 5.95. The third-order valence-corrected chi connectivity index (χ3v) is 4.86. The minimum Gasteiger partial charge on any atom is -0.0996 e. The summed E-state index contributed by atoms with van der Waals surface area (Å²) in [5, 5.41) is 0. The number of fused-ring (bicyclic) bond motifs is 1. The quantitative estimate of drug-likeness (QED) is 0.503. The number of hydrogen-bond donors (Lipinski definition) is 0. The van der Waals surface area contributed by atoms with Crippen molar-refractivity contribution in [2.45, 2.75) is 46.5 Å². The summed E-state index contributed by atoms with van der Waals surface area (Å²) >= 11 is 0. The summed E-state index contributed by atoms with van der Waals surface area (Å²) < 4.78 is 0. The molecular weight excluding hydrogens is 168 g/mol. The van der Waals surface area contributed by atoms with Crippen LogP contribution in [0.5, 0.6) is 0 Å². The molecule has 14 heavy (non-hydrogen) atoms. The maximum atomic E-state index is 4.23. The molecule has 0 heteroatoms. The van der Waals surface area contributed by atoms with Crippen LogP contribution >= 0.6 is 0 Å². The van der Waals surface area contributed by atoms with Crippen LogP contribution in [0, 0.1) is 29.6 Å². The SMILES string of the molecule is C=C1CC2CC(C)C(C)CC2CC1C. The molecule has 0 saturated heterocycles. The Bertz CT molecular complexity index is 228. The topological polar surface area (TPSA) is 0 Å². The third-order valence-electron chi connectivity index (χ3n) is 4.86. The van der Waals surface area contributed by atoms with E-state index in [1.165, 1.54) is 31.3 Å². The molecule has 0 nitrogen and oxygen atoms in total. The van der Waals surface area contributed by atoms with Gasteiger partial charge in [0.2, 0.25) is 0 Å². The zero-order valence-corrected chi connectivity index (χ0v) is 9.92. The summed E-state index contributed by atoms with van der Waals surface area (Å²) in [6.07, 6.45) is 5.67. The molecule has 2 aliphatic carbocycles. The van der Waals surface area contributed by atoms with Crippen molar-refractivity contribution in [3.05, 3.63) is 12.2 Å². The highest BCUT2D eigenvalue weighted by atomic mass is 14.4. The predicted molar refractivity (Wildman–Crippen MR) is 62.1 cm³/mol. The van der Waals surface area contributed by atoms with E-state index in [0.717, 1.165) is 29.6 Å². The van der Waals surface area contributed by atoms with Crippen molar-refractivity contribution in [2.75, 3.05) is 0 Å². The Hall–Kier alpha value is -0.260. The fraction of sp³-hybridized carbons (Fsp3) is 0.857. The smallest absolute Gasteiger partial charge is 0.0232 e. The normalized spacial score (nSPS) is 48.8. The van der Waals surface area contributed by atoms with Gasteiger partial charge in [0.05, 0.1) is 0 Å². The van der Waals surface area contributed by atoms with E-state index in [2.05, 4.69) is 27.4 Å². The molecule has 5 unspecified atom stereocenters. The van der Waals surface area contributed by atoms with Crippen LogP contribution in [0.25, 0.3) is 0 Å². The summed E-state index contributed by atoms with van der Waals surface area (Å²) in [6, 6.07) is 0. The number of rotatable bonds is 0. The molecule has 0 heterocycles. The molecule has 2 saturated carbocycles. The van der Waals surface area contributed by atoms with E-state index in [4.69, 9.17) is 0 Å². The van der Waals surface area contributed by atoms with Gasteiger partial charge in [-0.25, -0.2) is 0 Å². The standard InChI is InChI=1S/C14H24/c1-9-5-13-7-11(3)12(4)8-14(13)6-10(9)2/h10-14H,1,5-8H2,2-4H3. The average Bonchev–Trinajstić information content (AvgIpc) is 2.11. The number of hydrogen-bond acceptors (Lipinski definition) is 0. The first-order chi connectivity index (χ1) is 6.58. The van der Waals surface area contributed by atoms with Crippen molar-refractivity contribution < 1.29 is 0 Å². The maximum Gasteiger partial charge on any atom is -0.0232 e. The van der Waals surface area contributed by atoms with Gasteiger partial charge in [-0.05, 0) is 55.3 Å². The molecule has 0 aromatic rings. The van der Waals surface area contributed by atoms with Crippen LogP contribution in [-0.2, 0) is 0 Å². The average molecular weight is 192 g/mol. The Kier molecular flexibility index (Phi) is 2.72. The van der Waals surface area contributed by atoms with Gasteiger partial charge < -0.3 is 0 Å². The minimum atomic E-state index is 0.789. The molecule has 2 aliphatic rings. The van der Waals surface area contributed by atoms with E-state index in [1.807, 2.05) is 0 Å². The molecule has 2 rings (SSSR count). The van der Waals surface area contributed by atoms with Crippen LogP contribution in [0.15, 0.2) is 12.2 Å². The van der Waals surface area contributed by atoms with E-state index in [0.29, 0.717) is 0 Å².